The summed E-state index contributed by atoms with van der Waals surface area (Å²) < 4.78 is 0. The molecule has 0 aliphatic heterocycles. The Bertz CT molecular complexity index is 316. The van der Waals surface area contributed by atoms with Crippen LogP contribution in [0.5, 0.6) is 0 Å². The molecule has 0 aromatic heterocycles. The molecular formula is C12H16ClN. The monoisotopic (exact) mass is 209 g/mol. The maximum absolute atomic E-state index is 6.30. The van der Waals surface area contributed by atoms with Crippen LogP contribution in [0.4, 0.5) is 0 Å². The fraction of sp³-hybridized carbons (Fsp3) is 0.500. The molecule has 1 saturated carbocycles. The molecule has 0 radical (unpaired) electrons. The topological polar surface area (TPSA) is 26.0 Å². The number of benzene rings is 1. The van der Waals surface area contributed by atoms with Gasteiger partial charge in [0.2, 0.25) is 0 Å². The fourth-order valence-electron chi connectivity index (χ4n) is 2.31. The molecule has 2 N–H and O–H groups in total. The van der Waals surface area contributed by atoms with Crippen molar-refractivity contribution in [2.45, 2.75) is 37.6 Å². The molecule has 0 unspecified atom stereocenters. The van der Waals surface area contributed by atoms with Crippen LogP contribution in [0.3, 0.4) is 0 Å². The maximum Gasteiger partial charge on any atom is 0.0408 e. The van der Waals surface area contributed by atoms with Gasteiger partial charge in [0, 0.05) is 10.6 Å². The van der Waals surface area contributed by atoms with E-state index < -0.39 is 0 Å². The lowest BCUT2D eigenvalue weighted by Gasteiger charge is -2.23. The Morgan fingerprint density at radius 1 is 1.29 bits per heavy atom. The van der Waals surface area contributed by atoms with E-state index in [9.17, 15) is 0 Å². The molecule has 1 nitrogen and oxygen atoms in total. The molecule has 0 atom stereocenters. The van der Waals surface area contributed by atoms with Gasteiger partial charge >= 0.3 is 0 Å². The second kappa shape index (κ2) is 3.92. The standard InChI is InChI=1S/C12H16ClN/c13-11-5-3-4-10(8-11)9-12(14)6-1-2-7-12/h3-5,8H,1-2,6-7,9,14H2. The lowest BCUT2D eigenvalue weighted by atomic mass is 9.90. The van der Waals surface area contributed by atoms with Crippen LogP contribution < -0.4 is 5.73 Å². The molecule has 14 heavy (non-hydrogen) atoms. The molecule has 0 bridgehead atoms. The van der Waals surface area contributed by atoms with Crippen LogP contribution in [0.25, 0.3) is 0 Å². The lowest BCUT2D eigenvalue weighted by molar-refractivity contribution is 0.436. The Labute approximate surface area is 90.3 Å². The molecule has 0 saturated heterocycles. The minimum absolute atomic E-state index is 0.0324. The molecule has 1 aromatic carbocycles. The van der Waals surface area contributed by atoms with Crippen molar-refractivity contribution in [2.75, 3.05) is 0 Å². The highest BCUT2D eigenvalue weighted by atomic mass is 35.5. The second-order valence-corrected chi connectivity index (χ2v) is 4.81. The summed E-state index contributed by atoms with van der Waals surface area (Å²) in [6, 6.07) is 8.03. The van der Waals surface area contributed by atoms with Gasteiger partial charge in [-0.2, -0.15) is 0 Å². The first-order chi connectivity index (χ1) is 6.68. The number of halogens is 1. The Morgan fingerprint density at radius 3 is 2.64 bits per heavy atom. The summed E-state index contributed by atoms with van der Waals surface area (Å²) in [5, 5.41) is 0.809. The first kappa shape index (κ1) is 10.0. The van der Waals surface area contributed by atoms with E-state index in [1.165, 1.54) is 18.4 Å². The van der Waals surface area contributed by atoms with Gasteiger partial charge < -0.3 is 5.73 Å². The third-order valence-corrected chi connectivity index (χ3v) is 3.28. The average molecular weight is 210 g/mol. The fourth-order valence-corrected chi connectivity index (χ4v) is 2.52. The van der Waals surface area contributed by atoms with Crippen molar-refractivity contribution < 1.29 is 0 Å². The van der Waals surface area contributed by atoms with E-state index in [1.807, 2.05) is 18.2 Å². The molecule has 1 aliphatic carbocycles. The van der Waals surface area contributed by atoms with Crippen LogP contribution >= 0.6 is 11.6 Å². The highest BCUT2D eigenvalue weighted by Gasteiger charge is 2.29. The van der Waals surface area contributed by atoms with Gasteiger partial charge in [-0.15, -0.1) is 0 Å². The zero-order valence-electron chi connectivity index (χ0n) is 8.30. The minimum atomic E-state index is 0.0324. The van der Waals surface area contributed by atoms with Gasteiger partial charge in [-0.05, 0) is 37.0 Å². The summed E-state index contributed by atoms with van der Waals surface area (Å²) in [4.78, 5) is 0. The Kier molecular flexibility index (Phi) is 2.80. The predicted molar refractivity (Wildman–Crippen MR) is 60.5 cm³/mol. The van der Waals surface area contributed by atoms with Crippen LogP contribution in [-0.4, -0.2) is 5.54 Å². The van der Waals surface area contributed by atoms with E-state index in [1.54, 1.807) is 0 Å². The van der Waals surface area contributed by atoms with Crippen LogP contribution in [0, 0.1) is 0 Å². The normalized spacial score (nSPS) is 19.9. The van der Waals surface area contributed by atoms with Gasteiger partial charge in [-0.1, -0.05) is 36.6 Å². The van der Waals surface area contributed by atoms with E-state index in [2.05, 4.69) is 6.07 Å². The summed E-state index contributed by atoms with van der Waals surface area (Å²) >= 11 is 5.93. The predicted octanol–water partition coefficient (Wildman–Crippen LogP) is 3.15. The van der Waals surface area contributed by atoms with E-state index >= 15 is 0 Å². The van der Waals surface area contributed by atoms with Crippen LogP contribution in [-0.2, 0) is 6.42 Å². The van der Waals surface area contributed by atoms with Crippen molar-refractivity contribution >= 4 is 11.6 Å². The van der Waals surface area contributed by atoms with Crippen molar-refractivity contribution in [1.82, 2.24) is 0 Å². The van der Waals surface area contributed by atoms with Gasteiger partial charge in [-0.25, -0.2) is 0 Å². The largest absolute Gasteiger partial charge is 0.325 e. The number of nitrogens with two attached hydrogens (primary N) is 1. The Hall–Kier alpha value is -0.530. The molecule has 1 fully saturated rings. The van der Waals surface area contributed by atoms with Crippen molar-refractivity contribution in [2.24, 2.45) is 5.73 Å². The summed E-state index contributed by atoms with van der Waals surface area (Å²) in [6.45, 7) is 0. The SMILES string of the molecule is NC1(Cc2cccc(Cl)c2)CCCC1. The number of hydrogen-bond donors (Lipinski definition) is 1. The first-order valence-electron chi connectivity index (χ1n) is 5.21. The summed E-state index contributed by atoms with van der Waals surface area (Å²) in [6.07, 6.45) is 5.82. The molecular weight excluding hydrogens is 194 g/mol. The molecule has 0 spiro atoms. The van der Waals surface area contributed by atoms with E-state index in [0.717, 1.165) is 24.3 Å². The van der Waals surface area contributed by atoms with E-state index in [-0.39, 0.29) is 5.54 Å². The summed E-state index contributed by atoms with van der Waals surface area (Å²) in [5.41, 5.74) is 7.60. The van der Waals surface area contributed by atoms with Crippen LogP contribution in [0.1, 0.15) is 31.2 Å². The smallest absolute Gasteiger partial charge is 0.0408 e. The zero-order chi connectivity index (χ0) is 10.0. The lowest BCUT2D eigenvalue weighted by Crippen LogP contribution is -2.38. The van der Waals surface area contributed by atoms with Crippen molar-refractivity contribution in [3.63, 3.8) is 0 Å². The summed E-state index contributed by atoms with van der Waals surface area (Å²) in [5.74, 6) is 0. The second-order valence-electron chi connectivity index (χ2n) is 4.38. The molecule has 1 aromatic rings. The molecule has 76 valence electrons. The maximum atomic E-state index is 6.30. The Balaban J connectivity index is 2.10. The van der Waals surface area contributed by atoms with Gasteiger partial charge in [-0.3, -0.25) is 0 Å². The molecule has 2 heteroatoms. The quantitative estimate of drug-likeness (QED) is 0.796. The first-order valence-corrected chi connectivity index (χ1v) is 5.59. The van der Waals surface area contributed by atoms with Gasteiger partial charge in [0.05, 0.1) is 0 Å². The average Bonchev–Trinajstić information content (AvgIpc) is 2.51. The highest BCUT2D eigenvalue weighted by Crippen LogP contribution is 2.30. The Morgan fingerprint density at radius 2 is 2.00 bits per heavy atom. The third-order valence-electron chi connectivity index (χ3n) is 3.04. The van der Waals surface area contributed by atoms with Crippen LogP contribution in [0.15, 0.2) is 24.3 Å². The van der Waals surface area contributed by atoms with Gasteiger partial charge in [0.15, 0.2) is 0 Å². The molecule has 0 heterocycles. The third kappa shape index (κ3) is 2.28. The molecule has 0 amide bonds. The van der Waals surface area contributed by atoms with Gasteiger partial charge in [0.25, 0.3) is 0 Å². The van der Waals surface area contributed by atoms with Crippen molar-refractivity contribution in [3.05, 3.63) is 34.9 Å². The summed E-state index contributed by atoms with van der Waals surface area (Å²) in [7, 11) is 0. The van der Waals surface area contributed by atoms with Crippen molar-refractivity contribution in [3.8, 4) is 0 Å². The molecule has 1 aliphatic rings. The minimum Gasteiger partial charge on any atom is -0.325 e. The van der Waals surface area contributed by atoms with Crippen molar-refractivity contribution in [1.29, 1.82) is 0 Å². The molecule has 2 rings (SSSR count). The number of hydrogen-bond acceptors (Lipinski definition) is 1. The number of rotatable bonds is 2. The highest BCUT2D eigenvalue weighted by molar-refractivity contribution is 6.30. The van der Waals surface area contributed by atoms with E-state index in [0.29, 0.717) is 0 Å². The zero-order valence-corrected chi connectivity index (χ0v) is 9.06. The van der Waals surface area contributed by atoms with E-state index in [4.69, 9.17) is 17.3 Å². The van der Waals surface area contributed by atoms with Gasteiger partial charge in [0.1, 0.15) is 0 Å². The van der Waals surface area contributed by atoms with Crippen LogP contribution in [0.2, 0.25) is 5.02 Å².